The lowest BCUT2D eigenvalue weighted by Crippen LogP contribution is -2.63. The highest BCUT2D eigenvalue weighted by molar-refractivity contribution is 6.01. The number of primary amides is 1. The van der Waals surface area contributed by atoms with Crippen molar-refractivity contribution in [2.24, 2.45) is 51.9 Å². The zero-order chi connectivity index (χ0) is 43.0. The van der Waals surface area contributed by atoms with E-state index in [4.69, 9.17) is 25.7 Å². The molecular formula is C46H62N6O8. The molecule has 14 nitrogen and oxygen atoms in total. The van der Waals surface area contributed by atoms with Crippen molar-refractivity contribution >= 4 is 40.9 Å². The minimum atomic E-state index is -1.25. The van der Waals surface area contributed by atoms with E-state index in [9.17, 15) is 24.3 Å². The van der Waals surface area contributed by atoms with Crippen molar-refractivity contribution in [3.05, 3.63) is 65.4 Å². The van der Waals surface area contributed by atoms with E-state index in [0.29, 0.717) is 37.7 Å². The number of esters is 1. The van der Waals surface area contributed by atoms with Crippen molar-refractivity contribution in [2.45, 2.75) is 117 Å². The third kappa shape index (κ3) is 8.03. The van der Waals surface area contributed by atoms with Crippen LogP contribution < -0.4 is 22.1 Å². The number of allylic oxidation sites excluding steroid dienone is 4. The van der Waals surface area contributed by atoms with Crippen LogP contribution >= 0.6 is 0 Å². The van der Waals surface area contributed by atoms with E-state index in [1.807, 2.05) is 37.3 Å². The standard InChI is InChI=1S/C32H44O7.C14H18N6O/c1-18(2)28(36)37-17-25(35)32-26(38-29(39-32)19-8-6-5-7-9-19)15-23-22-11-10-20-14-21(33)12-13-30(20,3)27(22)24(34)16-31(23,32)4;1-9-3-2-4-10(7-9)19-13-11(12(16)21)8-18-14(20-13)17-6-5-15/h12-14,18-19,22-24,26-27,29,34H,5-11,15-17H2,1-4H3;2-4,7-8H,5-6,15H2,1H3,(H2,16,21)(H2,17,18,19,20)/t22-,23-,24-,26+,27+,29+,30-,31-,32+;/m0./s1. The summed E-state index contributed by atoms with van der Waals surface area (Å²) in [6.07, 6.45) is 13.6. The lowest BCUT2D eigenvalue weighted by atomic mass is 9.46. The number of ether oxygens (including phenoxy) is 3. The first-order valence-electron chi connectivity index (χ1n) is 21.7. The van der Waals surface area contributed by atoms with Crippen molar-refractivity contribution in [2.75, 3.05) is 30.3 Å². The molecule has 0 unspecified atom stereocenters. The lowest BCUT2D eigenvalue weighted by molar-refractivity contribution is -0.210. The van der Waals surface area contributed by atoms with Crippen LogP contribution in [0.2, 0.25) is 0 Å². The summed E-state index contributed by atoms with van der Waals surface area (Å²) in [4.78, 5) is 58.5. The van der Waals surface area contributed by atoms with E-state index in [2.05, 4.69) is 34.4 Å². The fraction of sp³-hybridized carbons (Fsp3) is 0.609. The summed E-state index contributed by atoms with van der Waals surface area (Å²) in [6, 6.07) is 7.72. The van der Waals surface area contributed by atoms with Gasteiger partial charge in [0.25, 0.3) is 5.91 Å². The van der Waals surface area contributed by atoms with Gasteiger partial charge in [0.1, 0.15) is 11.4 Å². The van der Waals surface area contributed by atoms with Gasteiger partial charge in [-0.3, -0.25) is 19.2 Å². The van der Waals surface area contributed by atoms with E-state index in [-0.39, 0.29) is 58.7 Å². The number of benzene rings is 1. The van der Waals surface area contributed by atoms with Crippen molar-refractivity contribution in [3.63, 3.8) is 0 Å². The number of carbonyl (C=O) groups is 4. The minimum absolute atomic E-state index is 0.0162. The monoisotopic (exact) mass is 826 g/mol. The van der Waals surface area contributed by atoms with Gasteiger partial charge in [-0.15, -0.1) is 0 Å². The molecule has 1 aliphatic heterocycles. The zero-order valence-electron chi connectivity index (χ0n) is 35.6. The maximum absolute atomic E-state index is 14.2. The predicted molar refractivity (Wildman–Crippen MR) is 226 cm³/mol. The number of anilines is 3. The van der Waals surface area contributed by atoms with Crippen molar-refractivity contribution < 1.29 is 38.5 Å². The van der Waals surface area contributed by atoms with E-state index in [1.54, 1.807) is 26.0 Å². The molecule has 60 heavy (non-hydrogen) atoms. The number of aromatic nitrogens is 2. The fourth-order valence-corrected chi connectivity index (χ4v) is 11.4. The number of aliphatic hydroxyl groups excluding tert-OH is 1. The number of hydrogen-bond donors (Lipinski definition) is 5. The summed E-state index contributed by atoms with van der Waals surface area (Å²) in [5, 5.41) is 17.9. The number of ketones is 2. The molecule has 7 N–H and O–H groups in total. The highest BCUT2D eigenvalue weighted by atomic mass is 16.7. The Labute approximate surface area is 352 Å². The van der Waals surface area contributed by atoms with E-state index in [1.165, 1.54) is 12.6 Å². The number of fused-ring (bicyclic) bond motifs is 7. The van der Waals surface area contributed by atoms with E-state index >= 15 is 0 Å². The van der Waals surface area contributed by atoms with Crippen LogP contribution in [0.4, 0.5) is 17.5 Å². The molecule has 1 aromatic heterocycles. The predicted octanol–water partition coefficient (Wildman–Crippen LogP) is 5.70. The Morgan fingerprint density at radius 1 is 1.12 bits per heavy atom. The first-order chi connectivity index (χ1) is 28.6. The van der Waals surface area contributed by atoms with Gasteiger partial charge >= 0.3 is 5.97 Å². The summed E-state index contributed by atoms with van der Waals surface area (Å²) in [5.41, 5.74) is 11.7. The summed E-state index contributed by atoms with van der Waals surface area (Å²) in [6.45, 7) is 10.4. The second kappa shape index (κ2) is 17.5. The molecule has 1 amide bonds. The third-order valence-corrected chi connectivity index (χ3v) is 14.3. The highest BCUT2D eigenvalue weighted by Crippen LogP contribution is 2.70. The van der Waals surface area contributed by atoms with Crippen molar-refractivity contribution in [1.29, 1.82) is 0 Å². The molecular weight excluding hydrogens is 765 g/mol. The second-order valence-electron chi connectivity index (χ2n) is 18.4. The topological polar surface area (TPSA) is 218 Å². The van der Waals surface area contributed by atoms with Gasteiger partial charge in [-0.2, -0.15) is 4.98 Å². The summed E-state index contributed by atoms with van der Waals surface area (Å²) in [7, 11) is 0. The maximum Gasteiger partial charge on any atom is 0.308 e. The molecule has 1 aromatic carbocycles. The van der Waals surface area contributed by atoms with Gasteiger partial charge in [0.15, 0.2) is 24.3 Å². The van der Waals surface area contributed by atoms with E-state index < -0.39 is 41.4 Å². The molecule has 6 aliphatic rings. The average molecular weight is 827 g/mol. The molecule has 2 aromatic rings. The molecule has 2 heterocycles. The molecule has 0 radical (unpaired) electrons. The molecule has 9 atom stereocenters. The van der Waals surface area contributed by atoms with Gasteiger partial charge in [0.2, 0.25) is 11.7 Å². The number of hydrogen-bond acceptors (Lipinski definition) is 13. The van der Waals surface area contributed by atoms with Crippen LogP contribution in [0.1, 0.15) is 101 Å². The molecule has 1 saturated heterocycles. The molecule has 8 rings (SSSR count). The number of carbonyl (C=O) groups excluding carboxylic acids is 4. The van der Waals surface area contributed by atoms with Crippen LogP contribution in [0.15, 0.2) is 54.3 Å². The molecule has 5 fully saturated rings. The highest BCUT2D eigenvalue weighted by Gasteiger charge is 2.76. The maximum atomic E-state index is 14.2. The van der Waals surface area contributed by atoms with Gasteiger partial charge < -0.3 is 41.4 Å². The Kier molecular flexibility index (Phi) is 12.7. The molecule has 324 valence electrons. The Balaban J connectivity index is 0.000000219. The Hall–Kier alpha value is -4.50. The second-order valence-corrected chi connectivity index (χ2v) is 18.4. The van der Waals surface area contributed by atoms with Crippen LogP contribution in [-0.4, -0.2) is 82.3 Å². The Morgan fingerprint density at radius 3 is 2.58 bits per heavy atom. The molecule has 4 saturated carbocycles. The van der Waals surface area contributed by atoms with Crippen LogP contribution in [0.25, 0.3) is 0 Å². The largest absolute Gasteiger partial charge is 0.457 e. The number of rotatable bonds is 11. The first kappa shape index (κ1) is 43.6. The summed E-state index contributed by atoms with van der Waals surface area (Å²) < 4.78 is 19.0. The quantitative estimate of drug-likeness (QED) is 0.172. The van der Waals surface area contributed by atoms with Gasteiger partial charge in [-0.05, 0) is 87.1 Å². The number of amides is 1. The number of Topliss-reactive ketones (excluding diaryl/α,β-unsaturated/α-hetero) is 1. The molecule has 0 bridgehead atoms. The van der Waals surface area contributed by atoms with Gasteiger partial charge in [-0.25, -0.2) is 4.98 Å². The van der Waals surface area contributed by atoms with E-state index in [0.717, 1.165) is 55.3 Å². The fourth-order valence-electron chi connectivity index (χ4n) is 11.4. The normalized spacial score (nSPS) is 33.0. The minimum Gasteiger partial charge on any atom is -0.457 e. The van der Waals surface area contributed by atoms with Crippen LogP contribution in [0.3, 0.4) is 0 Å². The van der Waals surface area contributed by atoms with Crippen LogP contribution in [-0.2, 0) is 28.6 Å². The summed E-state index contributed by atoms with van der Waals surface area (Å²) >= 11 is 0. The zero-order valence-corrected chi connectivity index (χ0v) is 35.6. The Morgan fingerprint density at radius 2 is 1.88 bits per heavy atom. The van der Waals surface area contributed by atoms with Crippen LogP contribution in [0.5, 0.6) is 0 Å². The first-order valence-corrected chi connectivity index (χ1v) is 21.7. The van der Waals surface area contributed by atoms with Gasteiger partial charge in [0, 0.05) is 47.6 Å². The molecule has 0 spiro atoms. The van der Waals surface area contributed by atoms with Crippen molar-refractivity contribution in [3.8, 4) is 0 Å². The average Bonchev–Trinajstić information content (AvgIpc) is 3.72. The molecule has 14 heteroatoms. The smallest absolute Gasteiger partial charge is 0.308 e. The Bertz CT molecular complexity index is 2030. The number of aliphatic hydroxyl groups is 1. The number of nitrogens with zero attached hydrogens (tertiary/aromatic N) is 2. The van der Waals surface area contributed by atoms with Crippen LogP contribution in [0, 0.1) is 47.3 Å². The molecule has 5 aliphatic carbocycles. The third-order valence-electron chi connectivity index (χ3n) is 14.3. The van der Waals surface area contributed by atoms with Crippen molar-refractivity contribution in [1.82, 2.24) is 9.97 Å². The number of nitrogens with two attached hydrogens (primary N) is 2. The van der Waals surface area contributed by atoms with Gasteiger partial charge in [-0.1, -0.05) is 70.7 Å². The lowest BCUT2D eigenvalue weighted by Gasteiger charge is -2.59. The number of aryl methyl sites for hydroxylation is 1. The summed E-state index contributed by atoms with van der Waals surface area (Å²) in [5.74, 6) is -0.305. The SMILES string of the molecule is CC(C)C(=O)OCC(=O)[C@@]12O[C@H](C3CCCCC3)O[C@@H]1C[C@H]1[C@@H]3CCC4=CC(=O)C=C[C@]4(C)[C@H]3[C@@H](O)C[C@@]12C.Cc1cccc(Nc2nc(NCCN)ncc2C(N)=O)c1. The van der Waals surface area contributed by atoms with Gasteiger partial charge in [0.05, 0.1) is 18.1 Å². The number of nitrogens with one attached hydrogen (secondary N) is 2.